The first-order chi connectivity index (χ1) is 10.1. The smallest absolute Gasteiger partial charge is 0.219 e. The van der Waals surface area contributed by atoms with E-state index >= 15 is 0 Å². The van der Waals surface area contributed by atoms with Gasteiger partial charge in [0.2, 0.25) is 9.84 Å². The summed E-state index contributed by atoms with van der Waals surface area (Å²) in [5, 5.41) is 4.12. The molecule has 0 aliphatic carbocycles. The maximum Gasteiger partial charge on any atom is 0.219 e. The van der Waals surface area contributed by atoms with Crippen LogP contribution in [0.25, 0.3) is 5.69 Å². The second-order valence-electron chi connectivity index (χ2n) is 4.38. The van der Waals surface area contributed by atoms with Crippen LogP contribution in [0.15, 0.2) is 64.0 Å². The van der Waals surface area contributed by atoms with Gasteiger partial charge in [0.1, 0.15) is 9.10 Å². The van der Waals surface area contributed by atoms with E-state index in [-0.39, 0.29) is 9.10 Å². The molecule has 3 rings (SSSR count). The van der Waals surface area contributed by atoms with Crippen molar-refractivity contribution in [2.75, 3.05) is 0 Å². The Morgan fingerprint density at radius 2 is 1.90 bits per heavy atom. The van der Waals surface area contributed by atoms with E-state index in [1.165, 1.54) is 23.7 Å². The Morgan fingerprint density at radius 1 is 1.14 bits per heavy atom. The topological polar surface area (TPSA) is 78.0 Å². The SMILES string of the molecule is NCc1ccc(S(=O)(=O)c2cnn(-c3ccccc3)c2)s1. The molecule has 21 heavy (non-hydrogen) atoms. The maximum atomic E-state index is 12.5. The van der Waals surface area contributed by atoms with E-state index in [9.17, 15) is 8.42 Å². The Labute approximate surface area is 126 Å². The van der Waals surface area contributed by atoms with Crippen LogP contribution in [0.2, 0.25) is 0 Å². The molecule has 0 aliphatic rings. The molecule has 5 nitrogen and oxygen atoms in total. The molecule has 0 unspecified atom stereocenters. The van der Waals surface area contributed by atoms with Gasteiger partial charge in [0.15, 0.2) is 0 Å². The van der Waals surface area contributed by atoms with Crippen LogP contribution in [-0.4, -0.2) is 18.2 Å². The Bertz CT molecular complexity index is 851. The van der Waals surface area contributed by atoms with E-state index in [1.807, 2.05) is 30.3 Å². The van der Waals surface area contributed by atoms with Crippen LogP contribution >= 0.6 is 11.3 Å². The van der Waals surface area contributed by atoms with Gasteiger partial charge in [-0.15, -0.1) is 11.3 Å². The number of hydrogen-bond donors (Lipinski definition) is 1. The summed E-state index contributed by atoms with van der Waals surface area (Å²) in [5.74, 6) is 0. The number of hydrogen-bond acceptors (Lipinski definition) is 5. The second-order valence-corrected chi connectivity index (χ2v) is 7.73. The lowest BCUT2D eigenvalue weighted by Gasteiger charge is -1.99. The number of para-hydroxylation sites is 1. The summed E-state index contributed by atoms with van der Waals surface area (Å²) in [6.45, 7) is 0.337. The molecular weight excluding hydrogens is 306 g/mol. The molecule has 0 amide bonds. The number of aromatic nitrogens is 2. The third kappa shape index (κ3) is 2.63. The third-order valence-corrected chi connectivity index (χ3v) is 6.30. The first-order valence-corrected chi connectivity index (χ1v) is 8.55. The highest BCUT2D eigenvalue weighted by molar-refractivity contribution is 7.93. The highest BCUT2D eigenvalue weighted by Gasteiger charge is 2.22. The van der Waals surface area contributed by atoms with Crippen molar-refractivity contribution in [3.8, 4) is 5.69 Å². The van der Waals surface area contributed by atoms with Gasteiger partial charge >= 0.3 is 0 Å². The highest BCUT2D eigenvalue weighted by Crippen LogP contribution is 2.27. The van der Waals surface area contributed by atoms with Gasteiger partial charge in [-0.1, -0.05) is 18.2 Å². The zero-order valence-electron chi connectivity index (χ0n) is 11.0. The summed E-state index contributed by atoms with van der Waals surface area (Å²) in [5.41, 5.74) is 6.34. The molecule has 0 spiro atoms. The third-order valence-electron chi connectivity index (χ3n) is 2.99. The molecular formula is C14H13N3O2S2. The molecule has 2 aromatic heterocycles. The molecule has 0 saturated carbocycles. The van der Waals surface area contributed by atoms with Crippen molar-refractivity contribution in [1.82, 2.24) is 9.78 Å². The summed E-state index contributed by atoms with van der Waals surface area (Å²) in [6.07, 6.45) is 2.89. The van der Waals surface area contributed by atoms with Gasteiger partial charge in [-0.05, 0) is 24.3 Å². The second kappa shape index (κ2) is 5.44. The van der Waals surface area contributed by atoms with Crippen molar-refractivity contribution in [2.24, 2.45) is 5.73 Å². The van der Waals surface area contributed by atoms with E-state index < -0.39 is 9.84 Å². The van der Waals surface area contributed by atoms with E-state index in [4.69, 9.17) is 5.73 Å². The summed E-state index contributed by atoms with van der Waals surface area (Å²) in [4.78, 5) is 1.01. The molecule has 0 aliphatic heterocycles. The molecule has 2 N–H and O–H groups in total. The monoisotopic (exact) mass is 319 g/mol. The minimum atomic E-state index is -3.54. The van der Waals surface area contributed by atoms with E-state index in [1.54, 1.807) is 16.8 Å². The van der Waals surface area contributed by atoms with Crippen molar-refractivity contribution in [3.05, 3.63) is 59.7 Å². The molecule has 7 heteroatoms. The molecule has 3 aromatic rings. The minimum Gasteiger partial charge on any atom is -0.326 e. The number of sulfone groups is 1. The molecule has 0 radical (unpaired) electrons. The van der Waals surface area contributed by atoms with Crippen LogP contribution in [0.5, 0.6) is 0 Å². The zero-order chi connectivity index (χ0) is 14.9. The van der Waals surface area contributed by atoms with Gasteiger partial charge in [0, 0.05) is 17.6 Å². The van der Waals surface area contributed by atoms with Crippen molar-refractivity contribution in [1.29, 1.82) is 0 Å². The Balaban J connectivity index is 1.99. The maximum absolute atomic E-state index is 12.5. The molecule has 0 saturated heterocycles. The van der Waals surface area contributed by atoms with Gasteiger partial charge in [-0.25, -0.2) is 13.1 Å². The van der Waals surface area contributed by atoms with E-state index in [2.05, 4.69) is 5.10 Å². The lowest BCUT2D eigenvalue weighted by Crippen LogP contribution is -1.98. The van der Waals surface area contributed by atoms with Gasteiger partial charge in [0.25, 0.3) is 0 Å². The van der Waals surface area contributed by atoms with Gasteiger partial charge in [0.05, 0.1) is 11.9 Å². The minimum absolute atomic E-state index is 0.178. The molecule has 2 heterocycles. The highest BCUT2D eigenvalue weighted by atomic mass is 32.2. The normalized spacial score (nSPS) is 11.7. The molecule has 1 aromatic carbocycles. The van der Waals surface area contributed by atoms with Crippen LogP contribution in [0.3, 0.4) is 0 Å². The van der Waals surface area contributed by atoms with E-state index in [0.29, 0.717) is 6.54 Å². The van der Waals surface area contributed by atoms with Crippen LogP contribution in [0.4, 0.5) is 0 Å². The number of benzene rings is 1. The fourth-order valence-electron chi connectivity index (χ4n) is 1.90. The summed E-state index contributed by atoms with van der Waals surface area (Å²) < 4.78 is 26.9. The first kappa shape index (κ1) is 14.0. The van der Waals surface area contributed by atoms with Gasteiger partial charge in [-0.2, -0.15) is 5.10 Å². The van der Waals surface area contributed by atoms with Crippen molar-refractivity contribution in [3.63, 3.8) is 0 Å². The molecule has 0 fully saturated rings. The molecule has 108 valence electrons. The lowest BCUT2D eigenvalue weighted by molar-refractivity contribution is 0.598. The predicted molar refractivity (Wildman–Crippen MR) is 81.2 cm³/mol. The number of rotatable bonds is 4. The van der Waals surface area contributed by atoms with Crippen LogP contribution in [0, 0.1) is 0 Å². The van der Waals surface area contributed by atoms with Crippen molar-refractivity contribution >= 4 is 21.2 Å². The fourth-order valence-corrected chi connectivity index (χ4v) is 4.46. The Hall–Kier alpha value is -1.96. The number of nitrogens with two attached hydrogens (primary N) is 1. The lowest BCUT2D eigenvalue weighted by atomic mass is 10.3. The number of nitrogens with zero attached hydrogens (tertiary/aromatic N) is 2. The van der Waals surface area contributed by atoms with Crippen molar-refractivity contribution < 1.29 is 8.42 Å². The fraction of sp³-hybridized carbons (Fsp3) is 0.0714. The van der Waals surface area contributed by atoms with Crippen LogP contribution in [-0.2, 0) is 16.4 Å². The standard InChI is InChI=1S/C14H13N3O2S2/c15-8-12-6-7-14(20-12)21(18,19)13-9-16-17(10-13)11-4-2-1-3-5-11/h1-7,9-10H,8,15H2. The Morgan fingerprint density at radius 3 is 2.57 bits per heavy atom. The van der Waals surface area contributed by atoms with Crippen LogP contribution < -0.4 is 5.73 Å². The largest absolute Gasteiger partial charge is 0.326 e. The Kier molecular flexibility index (Phi) is 3.62. The summed E-state index contributed by atoms with van der Waals surface area (Å²) >= 11 is 1.19. The molecule has 0 bridgehead atoms. The quantitative estimate of drug-likeness (QED) is 0.800. The predicted octanol–water partition coefficient (Wildman–Crippen LogP) is 2.23. The average Bonchev–Trinajstić information content (AvgIpc) is 3.18. The van der Waals surface area contributed by atoms with Crippen molar-refractivity contribution in [2.45, 2.75) is 15.6 Å². The van der Waals surface area contributed by atoms with Crippen LogP contribution in [0.1, 0.15) is 4.88 Å². The van der Waals surface area contributed by atoms with Gasteiger partial charge in [-0.3, -0.25) is 0 Å². The first-order valence-electron chi connectivity index (χ1n) is 6.25. The van der Waals surface area contributed by atoms with Gasteiger partial charge < -0.3 is 5.73 Å². The molecule has 0 atom stereocenters. The number of thiophene rings is 1. The zero-order valence-corrected chi connectivity index (χ0v) is 12.6. The average molecular weight is 319 g/mol. The summed E-state index contributed by atoms with van der Waals surface area (Å²) in [6, 6.07) is 12.7. The summed E-state index contributed by atoms with van der Waals surface area (Å²) in [7, 11) is -3.54. The van der Waals surface area contributed by atoms with E-state index in [0.717, 1.165) is 10.6 Å².